The molecule has 0 aliphatic heterocycles. The molecule has 4 heteroatoms. The van der Waals surface area contributed by atoms with Gasteiger partial charge in [-0.05, 0) is 35.0 Å². The molecule has 4 nitrogen and oxygen atoms in total. The van der Waals surface area contributed by atoms with Crippen molar-refractivity contribution >= 4 is 16.7 Å². The van der Waals surface area contributed by atoms with Gasteiger partial charge in [0, 0.05) is 0 Å². The Morgan fingerprint density at radius 1 is 1.00 bits per heavy atom. The van der Waals surface area contributed by atoms with Crippen molar-refractivity contribution in [2.45, 2.75) is 0 Å². The average molecular weight is 232 g/mol. The summed E-state index contributed by atoms with van der Waals surface area (Å²) in [5, 5.41) is 10.6. The van der Waals surface area contributed by atoms with Crippen molar-refractivity contribution < 1.29 is 19.4 Å². The Morgan fingerprint density at radius 2 is 1.59 bits per heavy atom. The fourth-order valence-corrected chi connectivity index (χ4v) is 1.71. The second-order valence-electron chi connectivity index (χ2n) is 3.57. The van der Waals surface area contributed by atoms with Crippen molar-refractivity contribution in [1.82, 2.24) is 0 Å². The second-order valence-corrected chi connectivity index (χ2v) is 3.57. The zero-order valence-electron chi connectivity index (χ0n) is 9.56. The summed E-state index contributed by atoms with van der Waals surface area (Å²) >= 11 is 0. The maximum Gasteiger partial charge on any atom is 0.335 e. The molecule has 2 aromatic carbocycles. The van der Waals surface area contributed by atoms with Crippen LogP contribution in [0.3, 0.4) is 0 Å². The highest BCUT2D eigenvalue weighted by atomic mass is 16.5. The van der Waals surface area contributed by atoms with Crippen LogP contribution in [0.2, 0.25) is 0 Å². The van der Waals surface area contributed by atoms with E-state index in [0.717, 1.165) is 10.8 Å². The van der Waals surface area contributed by atoms with Crippen molar-refractivity contribution in [3.63, 3.8) is 0 Å². The highest BCUT2D eigenvalue weighted by Gasteiger charge is 2.08. The fraction of sp³-hybridized carbons (Fsp3) is 0.154. The Morgan fingerprint density at radius 3 is 2.12 bits per heavy atom. The van der Waals surface area contributed by atoms with Crippen molar-refractivity contribution in [2.75, 3.05) is 14.2 Å². The van der Waals surface area contributed by atoms with Crippen LogP contribution in [-0.4, -0.2) is 25.3 Å². The van der Waals surface area contributed by atoms with Gasteiger partial charge in [0.05, 0.1) is 19.8 Å². The predicted molar refractivity (Wildman–Crippen MR) is 64.0 cm³/mol. The highest BCUT2D eigenvalue weighted by molar-refractivity contribution is 5.95. The topological polar surface area (TPSA) is 55.8 Å². The zero-order valence-corrected chi connectivity index (χ0v) is 9.56. The first kappa shape index (κ1) is 11.3. The molecule has 0 saturated heterocycles. The number of carboxylic acid groups (broad SMARTS) is 1. The molecule has 0 aliphatic carbocycles. The highest BCUT2D eigenvalue weighted by Crippen LogP contribution is 2.32. The third-order valence-corrected chi connectivity index (χ3v) is 2.59. The van der Waals surface area contributed by atoms with E-state index < -0.39 is 5.97 Å². The SMILES string of the molecule is COc1cc2ccc(C(=O)O)cc2cc1OC. The van der Waals surface area contributed by atoms with E-state index in [4.69, 9.17) is 14.6 Å². The normalized spacial score (nSPS) is 10.2. The molecule has 0 atom stereocenters. The minimum Gasteiger partial charge on any atom is -0.493 e. The Labute approximate surface area is 98.4 Å². The molecule has 0 saturated carbocycles. The number of carbonyl (C=O) groups is 1. The number of ether oxygens (including phenoxy) is 2. The van der Waals surface area contributed by atoms with Crippen molar-refractivity contribution in [2.24, 2.45) is 0 Å². The van der Waals surface area contributed by atoms with Crippen LogP contribution in [0.4, 0.5) is 0 Å². The molecule has 1 N–H and O–H groups in total. The van der Waals surface area contributed by atoms with E-state index in [-0.39, 0.29) is 5.56 Å². The third-order valence-electron chi connectivity index (χ3n) is 2.59. The second kappa shape index (κ2) is 4.33. The molecule has 2 aromatic rings. The van der Waals surface area contributed by atoms with Gasteiger partial charge in [-0.3, -0.25) is 0 Å². The molecule has 88 valence electrons. The number of carboxylic acids is 1. The number of benzene rings is 2. The lowest BCUT2D eigenvalue weighted by molar-refractivity contribution is 0.0697. The Bertz CT molecular complexity index is 575. The van der Waals surface area contributed by atoms with E-state index in [2.05, 4.69) is 0 Å². The third kappa shape index (κ3) is 2.01. The van der Waals surface area contributed by atoms with Crippen LogP contribution >= 0.6 is 0 Å². The summed E-state index contributed by atoms with van der Waals surface area (Å²) in [6.45, 7) is 0. The van der Waals surface area contributed by atoms with E-state index in [1.165, 1.54) is 0 Å². The van der Waals surface area contributed by atoms with Gasteiger partial charge in [-0.1, -0.05) is 6.07 Å². The van der Waals surface area contributed by atoms with E-state index in [1.807, 2.05) is 6.07 Å². The quantitative estimate of drug-likeness (QED) is 0.883. The lowest BCUT2D eigenvalue weighted by atomic mass is 10.1. The van der Waals surface area contributed by atoms with Gasteiger partial charge in [0.1, 0.15) is 0 Å². The first-order valence-corrected chi connectivity index (χ1v) is 5.05. The number of hydrogen-bond donors (Lipinski definition) is 1. The monoisotopic (exact) mass is 232 g/mol. The molecule has 0 aromatic heterocycles. The number of hydrogen-bond acceptors (Lipinski definition) is 3. The van der Waals surface area contributed by atoms with Crippen LogP contribution in [0.15, 0.2) is 30.3 Å². The van der Waals surface area contributed by atoms with Crippen LogP contribution in [0, 0.1) is 0 Å². The van der Waals surface area contributed by atoms with E-state index >= 15 is 0 Å². The van der Waals surface area contributed by atoms with E-state index in [0.29, 0.717) is 11.5 Å². The Hall–Kier alpha value is -2.23. The van der Waals surface area contributed by atoms with Crippen LogP contribution in [-0.2, 0) is 0 Å². The molecule has 17 heavy (non-hydrogen) atoms. The van der Waals surface area contributed by atoms with Gasteiger partial charge in [0.15, 0.2) is 11.5 Å². The Balaban J connectivity index is 2.66. The van der Waals surface area contributed by atoms with E-state index in [1.54, 1.807) is 38.5 Å². The molecule has 0 bridgehead atoms. The summed E-state index contributed by atoms with van der Waals surface area (Å²) in [4.78, 5) is 10.9. The van der Waals surface area contributed by atoms with Crippen LogP contribution < -0.4 is 9.47 Å². The fourth-order valence-electron chi connectivity index (χ4n) is 1.71. The predicted octanol–water partition coefficient (Wildman–Crippen LogP) is 2.56. The molecule has 0 fully saturated rings. The van der Waals surface area contributed by atoms with Gasteiger partial charge in [0.25, 0.3) is 0 Å². The van der Waals surface area contributed by atoms with Crippen LogP contribution in [0.25, 0.3) is 10.8 Å². The summed E-state index contributed by atoms with van der Waals surface area (Å²) in [6, 6.07) is 8.51. The summed E-state index contributed by atoms with van der Waals surface area (Å²) < 4.78 is 10.4. The van der Waals surface area contributed by atoms with Gasteiger partial charge in [-0.15, -0.1) is 0 Å². The molecule has 0 heterocycles. The molecule has 0 amide bonds. The van der Waals surface area contributed by atoms with Crippen molar-refractivity contribution in [3.05, 3.63) is 35.9 Å². The van der Waals surface area contributed by atoms with Crippen LogP contribution in [0.1, 0.15) is 10.4 Å². The molecule has 0 unspecified atom stereocenters. The summed E-state index contributed by atoms with van der Waals surface area (Å²) in [6.07, 6.45) is 0. The molecule has 0 radical (unpaired) electrons. The molecule has 0 aliphatic rings. The number of fused-ring (bicyclic) bond motifs is 1. The first-order chi connectivity index (χ1) is 8.15. The van der Waals surface area contributed by atoms with Crippen molar-refractivity contribution in [3.8, 4) is 11.5 Å². The van der Waals surface area contributed by atoms with Gasteiger partial charge < -0.3 is 14.6 Å². The smallest absolute Gasteiger partial charge is 0.335 e. The molecule has 0 spiro atoms. The molecular weight excluding hydrogens is 220 g/mol. The number of methoxy groups -OCH3 is 2. The zero-order chi connectivity index (χ0) is 12.4. The maximum atomic E-state index is 10.9. The minimum atomic E-state index is -0.943. The van der Waals surface area contributed by atoms with Gasteiger partial charge in [-0.25, -0.2) is 4.79 Å². The van der Waals surface area contributed by atoms with Gasteiger partial charge >= 0.3 is 5.97 Å². The lowest BCUT2D eigenvalue weighted by Gasteiger charge is -2.09. The largest absolute Gasteiger partial charge is 0.493 e. The Kier molecular flexibility index (Phi) is 2.87. The summed E-state index contributed by atoms with van der Waals surface area (Å²) in [7, 11) is 3.11. The van der Waals surface area contributed by atoms with Gasteiger partial charge in [-0.2, -0.15) is 0 Å². The molecular formula is C13H12O4. The summed E-state index contributed by atoms with van der Waals surface area (Å²) in [5.74, 6) is 0.271. The van der Waals surface area contributed by atoms with Gasteiger partial charge in [0.2, 0.25) is 0 Å². The lowest BCUT2D eigenvalue weighted by Crippen LogP contribution is -1.96. The standard InChI is InChI=1S/C13H12O4/c1-16-11-6-8-3-4-9(13(14)15)5-10(8)7-12(11)17-2/h3-7H,1-2H3,(H,14,15). The number of aromatic carboxylic acids is 1. The average Bonchev–Trinajstić information content (AvgIpc) is 2.36. The summed E-state index contributed by atoms with van der Waals surface area (Å²) in [5.41, 5.74) is 0.254. The van der Waals surface area contributed by atoms with Crippen molar-refractivity contribution in [1.29, 1.82) is 0 Å². The maximum absolute atomic E-state index is 10.9. The van der Waals surface area contributed by atoms with E-state index in [9.17, 15) is 4.79 Å². The first-order valence-electron chi connectivity index (χ1n) is 5.05. The van der Waals surface area contributed by atoms with Crippen LogP contribution in [0.5, 0.6) is 11.5 Å². The number of rotatable bonds is 3. The molecule has 2 rings (SSSR count). The minimum absolute atomic E-state index is 0.254.